The van der Waals surface area contributed by atoms with Crippen molar-refractivity contribution in [2.24, 2.45) is 0 Å². The molecule has 0 fully saturated rings. The van der Waals surface area contributed by atoms with Gasteiger partial charge in [-0.1, -0.05) is 6.07 Å². The van der Waals surface area contributed by atoms with Gasteiger partial charge in [0, 0.05) is 5.38 Å². The number of fused-ring (bicyclic) bond motifs is 1. The van der Waals surface area contributed by atoms with Crippen molar-refractivity contribution in [2.75, 3.05) is 0 Å². The maximum atomic E-state index is 10.9. The van der Waals surface area contributed by atoms with Gasteiger partial charge < -0.3 is 4.42 Å². The average molecular weight is 212 g/mol. The molecule has 0 saturated carbocycles. The van der Waals surface area contributed by atoms with E-state index in [-0.39, 0.29) is 5.38 Å². The van der Waals surface area contributed by atoms with Gasteiger partial charge in [0.25, 0.3) is 0 Å². The fraction of sp³-hybridized carbons (Fsp3) is 0.300. The van der Waals surface area contributed by atoms with Crippen LogP contribution in [0.1, 0.15) is 12.5 Å². The lowest BCUT2D eigenvalue weighted by Gasteiger charge is -2.01. The third kappa shape index (κ3) is 1.82. The summed E-state index contributed by atoms with van der Waals surface area (Å²) in [5.74, 6) is -0.420. The van der Waals surface area contributed by atoms with Gasteiger partial charge in [0.1, 0.15) is 0 Å². The molecule has 0 amide bonds. The van der Waals surface area contributed by atoms with Gasteiger partial charge in [-0.25, -0.2) is 4.79 Å². The zero-order valence-electron chi connectivity index (χ0n) is 7.71. The number of rotatable bonds is 2. The van der Waals surface area contributed by atoms with Crippen molar-refractivity contribution in [1.29, 1.82) is 0 Å². The highest BCUT2D eigenvalue weighted by molar-refractivity contribution is 6.20. The Morgan fingerprint density at radius 3 is 3.07 bits per heavy atom. The molecule has 2 aromatic rings. The fourth-order valence-corrected chi connectivity index (χ4v) is 1.62. The minimum Gasteiger partial charge on any atom is -0.408 e. The highest BCUT2D eigenvalue weighted by atomic mass is 35.5. The number of nitrogens with one attached hydrogen (secondary N) is 1. The molecule has 74 valence electrons. The Hall–Kier alpha value is -1.22. The molecule has 1 unspecified atom stereocenters. The lowest BCUT2D eigenvalue weighted by Crippen LogP contribution is -1.96. The standard InChI is InChI=1S/C10H10ClNO2/c1-6(11)4-7-2-3-8-9(5-7)14-10(13)12-8/h2-3,5-6H,4H2,1H3,(H,12,13). The zero-order valence-corrected chi connectivity index (χ0v) is 8.47. The molecule has 3 nitrogen and oxygen atoms in total. The van der Waals surface area contributed by atoms with Crippen LogP contribution in [-0.2, 0) is 6.42 Å². The van der Waals surface area contributed by atoms with E-state index in [1.807, 2.05) is 25.1 Å². The third-order valence-electron chi connectivity index (χ3n) is 2.00. The first kappa shape index (κ1) is 9.34. The minimum absolute atomic E-state index is 0.0816. The molecule has 1 aromatic heterocycles. The molecular weight excluding hydrogens is 202 g/mol. The third-order valence-corrected chi connectivity index (χ3v) is 2.16. The van der Waals surface area contributed by atoms with E-state index < -0.39 is 5.76 Å². The second-order valence-electron chi connectivity index (χ2n) is 3.33. The van der Waals surface area contributed by atoms with Crippen LogP contribution < -0.4 is 5.76 Å². The largest absolute Gasteiger partial charge is 0.417 e. The van der Waals surface area contributed by atoms with Gasteiger partial charge >= 0.3 is 5.76 Å². The molecule has 1 aromatic carbocycles. The van der Waals surface area contributed by atoms with Crippen molar-refractivity contribution in [3.05, 3.63) is 34.3 Å². The number of alkyl halides is 1. The summed E-state index contributed by atoms with van der Waals surface area (Å²) in [7, 11) is 0. The van der Waals surface area contributed by atoms with Crippen LogP contribution in [0.5, 0.6) is 0 Å². The molecule has 0 aliphatic carbocycles. The van der Waals surface area contributed by atoms with Crippen LogP contribution in [0.3, 0.4) is 0 Å². The highest BCUT2D eigenvalue weighted by Gasteiger charge is 2.04. The molecule has 4 heteroatoms. The molecule has 14 heavy (non-hydrogen) atoms. The molecule has 0 spiro atoms. The van der Waals surface area contributed by atoms with Crippen LogP contribution in [0.15, 0.2) is 27.4 Å². The van der Waals surface area contributed by atoms with Gasteiger partial charge in [-0.15, -0.1) is 11.6 Å². The second-order valence-corrected chi connectivity index (χ2v) is 4.07. The Balaban J connectivity index is 2.45. The summed E-state index contributed by atoms with van der Waals surface area (Å²) in [6.45, 7) is 1.93. The lowest BCUT2D eigenvalue weighted by atomic mass is 10.1. The van der Waals surface area contributed by atoms with Gasteiger partial charge in [0.05, 0.1) is 5.52 Å². The summed E-state index contributed by atoms with van der Waals surface area (Å²) in [6, 6.07) is 5.60. The van der Waals surface area contributed by atoms with Crippen molar-refractivity contribution in [1.82, 2.24) is 4.98 Å². The molecule has 1 atom stereocenters. The SMILES string of the molecule is CC(Cl)Cc1ccc2[nH]c(=O)oc2c1. The predicted octanol–water partition coefficient (Wildman–Crippen LogP) is 2.29. The van der Waals surface area contributed by atoms with Crippen LogP contribution in [0.2, 0.25) is 0 Å². The number of hydrogen-bond acceptors (Lipinski definition) is 2. The van der Waals surface area contributed by atoms with E-state index in [0.717, 1.165) is 17.5 Å². The zero-order chi connectivity index (χ0) is 10.1. The Labute approximate surface area is 85.7 Å². The normalized spacial score (nSPS) is 13.3. The minimum atomic E-state index is -0.420. The van der Waals surface area contributed by atoms with Crippen molar-refractivity contribution in [3.63, 3.8) is 0 Å². The summed E-state index contributed by atoms with van der Waals surface area (Å²) in [5, 5.41) is 0.0816. The van der Waals surface area contributed by atoms with Crippen LogP contribution in [0.25, 0.3) is 11.1 Å². The van der Waals surface area contributed by atoms with E-state index in [4.69, 9.17) is 16.0 Å². The molecular formula is C10H10ClNO2. The first-order chi connectivity index (χ1) is 6.65. The monoisotopic (exact) mass is 211 g/mol. The summed E-state index contributed by atoms with van der Waals surface area (Å²) in [6.07, 6.45) is 0.770. The topological polar surface area (TPSA) is 46.0 Å². The number of H-pyrrole nitrogens is 1. The molecule has 0 saturated heterocycles. The van der Waals surface area contributed by atoms with Crippen molar-refractivity contribution < 1.29 is 4.42 Å². The number of hydrogen-bond donors (Lipinski definition) is 1. The van der Waals surface area contributed by atoms with Crippen LogP contribution in [0.4, 0.5) is 0 Å². The average Bonchev–Trinajstić information content (AvgIpc) is 2.42. The smallest absolute Gasteiger partial charge is 0.408 e. The summed E-state index contributed by atoms with van der Waals surface area (Å²) in [5.41, 5.74) is 2.38. The van der Waals surface area contributed by atoms with Crippen LogP contribution in [0, 0.1) is 0 Å². The first-order valence-electron chi connectivity index (χ1n) is 4.41. The van der Waals surface area contributed by atoms with E-state index in [1.54, 1.807) is 0 Å². The lowest BCUT2D eigenvalue weighted by molar-refractivity contribution is 0.555. The quantitative estimate of drug-likeness (QED) is 0.775. The van der Waals surface area contributed by atoms with Crippen LogP contribution >= 0.6 is 11.6 Å². The number of aromatic nitrogens is 1. The van der Waals surface area contributed by atoms with Gasteiger partial charge in [-0.2, -0.15) is 0 Å². The van der Waals surface area contributed by atoms with Gasteiger partial charge in [0.15, 0.2) is 5.58 Å². The molecule has 2 rings (SSSR count). The molecule has 0 bridgehead atoms. The van der Waals surface area contributed by atoms with E-state index in [0.29, 0.717) is 5.58 Å². The van der Waals surface area contributed by atoms with E-state index in [1.165, 1.54) is 0 Å². The number of aromatic amines is 1. The van der Waals surface area contributed by atoms with Crippen molar-refractivity contribution in [2.45, 2.75) is 18.7 Å². The second kappa shape index (κ2) is 3.50. The van der Waals surface area contributed by atoms with Gasteiger partial charge in [-0.05, 0) is 31.0 Å². The maximum absolute atomic E-state index is 10.9. The summed E-state index contributed by atoms with van der Waals surface area (Å²) >= 11 is 5.87. The summed E-state index contributed by atoms with van der Waals surface area (Å²) in [4.78, 5) is 13.5. The molecule has 1 heterocycles. The number of oxazole rings is 1. The first-order valence-corrected chi connectivity index (χ1v) is 4.84. The predicted molar refractivity (Wildman–Crippen MR) is 55.9 cm³/mol. The van der Waals surface area contributed by atoms with Crippen LogP contribution in [-0.4, -0.2) is 10.4 Å². The Bertz CT molecular complexity index is 498. The Kier molecular flexibility index (Phi) is 2.33. The Morgan fingerprint density at radius 1 is 1.57 bits per heavy atom. The highest BCUT2D eigenvalue weighted by Crippen LogP contribution is 2.14. The fourth-order valence-electron chi connectivity index (χ4n) is 1.44. The Morgan fingerprint density at radius 2 is 2.36 bits per heavy atom. The van der Waals surface area contributed by atoms with Gasteiger partial charge in [0.2, 0.25) is 0 Å². The summed E-state index contributed by atoms with van der Waals surface area (Å²) < 4.78 is 4.94. The van der Waals surface area contributed by atoms with E-state index in [9.17, 15) is 4.79 Å². The molecule has 1 N–H and O–H groups in total. The molecule has 0 aliphatic rings. The van der Waals surface area contributed by atoms with E-state index in [2.05, 4.69) is 4.98 Å². The maximum Gasteiger partial charge on any atom is 0.417 e. The van der Waals surface area contributed by atoms with E-state index >= 15 is 0 Å². The van der Waals surface area contributed by atoms with Crippen molar-refractivity contribution >= 4 is 22.7 Å². The molecule has 0 radical (unpaired) electrons. The number of benzene rings is 1. The van der Waals surface area contributed by atoms with Gasteiger partial charge in [-0.3, -0.25) is 4.98 Å². The number of halogens is 1. The van der Waals surface area contributed by atoms with Crippen molar-refractivity contribution in [3.8, 4) is 0 Å². The molecule has 0 aliphatic heterocycles.